The van der Waals surface area contributed by atoms with Gasteiger partial charge in [0.1, 0.15) is 5.75 Å². The number of benzene rings is 2. The molecule has 0 aliphatic heterocycles. The van der Waals surface area contributed by atoms with Crippen molar-refractivity contribution in [1.29, 1.82) is 0 Å². The van der Waals surface area contributed by atoms with Gasteiger partial charge < -0.3 is 4.74 Å². The number of hydrogen-bond donors (Lipinski definition) is 1. The second kappa shape index (κ2) is 7.42. The van der Waals surface area contributed by atoms with Crippen LogP contribution < -0.4 is 9.57 Å². The van der Waals surface area contributed by atoms with Crippen molar-refractivity contribution in [3.05, 3.63) is 58.6 Å². The molecule has 0 aromatic heterocycles. The van der Waals surface area contributed by atoms with Crippen molar-refractivity contribution < 1.29 is 13.2 Å². The van der Waals surface area contributed by atoms with Gasteiger partial charge in [0.25, 0.3) is 10.0 Å². The molecule has 1 N–H and O–H groups in total. The number of halogens is 1. The Balaban J connectivity index is 2.14. The third-order valence-corrected chi connectivity index (χ3v) is 4.67. The Labute approximate surface area is 138 Å². The molecule has 0 atom stereocenters. The van der Waals surface area contributed by atoms with E-state index in [2.05, 4.69) is 25.9 Å². The first-order chi connectivity index (χ1) is 10.5. The fourth-order valence-electron chi connectivity index (χ4n) is 1.69. The van der Waals surface area contributed by atoms with E-state index in [-0.39, 0.29) is 4.90 Å². The molecule has 0 unspecified atom stereocenters. The Hall–Kier alpha value is -1.86. The highest BCUT2D eigenvalue weighted by Gasteiger charge is 2.11. The molecule has 2 aromatic rings. The molecule has 22 heavy (non-hydrogen) atoms. The minimum Gasteiger partial charge on any atom is -0.494 e. The number of rotatable bonds is 6. The molecule has 0 radical (unpaired) electrons. The highest BCUT2D eigenvalue weighted by atomic mass is 79.9. The summed E-state index contributed by atoms with van der Waals surface area (Å²) in [5.74, 6) is 0.693. The van der Waals surface area contributed by atoms with Crippen LogP contribution in [0.25, 0.3) is 0 Å². The zero-order valence-electron chi connectivity index (χ0n) is 11.9. The van der Waals surface area contributed by atoms with Crippen LogP contribution >= 0.6 is 15.9 Å². The van der Waals surface area contributed by atoms with Crippen LogP contribution in [0.2, 0.25) is 0 Å². The van der Waals surface area contributed by atoms with Crippen molar-refractivity contribution in [2.24, 2.45) is 5.10 Å². The fraction of sp³-hybridized carbons (Fsp3) is 0.133. The van der Waals surface area contributed by atoms with Crippen molar-refractivity contribution in [2.75, 3.05) is 6.61 Å². The normalized spacial score (nSPS) is 11.5. The second-order valence-electron chi connectivity index (χ2n) is 4.28. The van der Waals surface area contributed by atoms with E-state index in [0.717, 1.165) is 4.47 Å². The van der Waals surface area contributed by atoms with Gasteiger partial charge in [-0.25, -0.2) is 4.83 Å². The molecular formula is C15H15BrN2O3S. The summed E-state index contributed by atoms with van der Waals surface area (Å²) in [5.41, 5.74) is 0.710. The quantitative estimate of drug-likeness (QED) is 0.616. The molecule has 2 aromatic carbocycles. The van der Waals surface area contributed by atoms with Gasteiger partial charge in [-0.2, -0.15) is 13.5 Å². The van der Waals surface area contributed by atoms with Gasteiger partial charge in [-0.1, -0.05) is 34.1 Å². The third-order valence-electron chi connectivity index (χ3n) is 2.71. The summed E-state index contributed by atoms with van der Waals surface area (Å²) in [7, 11) is -3.66. The molecule has 0 saturated carbocycles. The molecule has 0 spiro atoms. The van der Waals surface area contributed by atoms with Crippen LogP contribution in [0.5, 0.6) is 5.75 Å². The summed E-state index contributed by atoms with van der Waals surface area (Å²) >= 11 is 3.38. The lowest BCUT2D eigenvalue weighted by molar-refractivity contribution is 0.340. The summed E-state index contributed by atoms with van der Waals surface area (Å²) < 4.78 is 30.2. The number of ether oxygens (including phenoxy) is 1. The van der Waals surface area contributed by atoms with Gasteiger partial charge in [0.15, 0.2) is 0 Å². The van der Waals surface area contributed by atoms with Crippen molar-refractivity contribution in [1.82, 2.24) is 4.83 Å². The molecule has 2 rings (SSSR count). The number of hydrazone groups is 1. The Morgan fingerprint density at radius 1 is 1.23 bits per heavy atom. The van der Waals surface area contributed by atoms with Crippen LogP contribution in [0.4, 0.5) is 0 Å². The number of nitrogens with zero attached hydrogens (tertiary/aromatic N) is 1. The highest BCUT2D eigenvalue weighted by Crippen LogP contribution is 2.21. The molecule has 0 saturated heterocycles. The van der Waals surface area contributed by atoms with E-state index < -0.39 is 10.0 Å². The monoisotopic (exact) mass is 382 g/mol. The number of hydrogen-bond acceptors (Lipinski definition) is 4. The molecule has 0 aliphatic rings. The molecule has 0 amide bonds. The molecule has 0 heterocycles. The van der Waals surface area contributed by atoms with Crippen LogP contribution in [0, 0.1) is 0 Å². The zero-order chi connectivity index (χ0) is 16.0. The van der Waals surface area contributed by atoms with Crippen LogP contribution in [0.1, 0.15) is 12.5 Å². The smallest absolute Gasteiger partial charge is 0.276 e. The minimum absolute atomic E-state index is 0.161. The molecule has 116 valence electrons. The van der Waals surface area contributed by atoms with E-state index in [1.807, 2.05) is 19.1 Å². The van der Waals surface area contributed by atoms with E-state index in [4.69, 9.17) is 4.74 Å². The SMILES string of the molecule is CCOc1ccc(Br)c(/C=N/NS(=O)(=O)c2ccccc2)c1. The average Bonchev–Trinajstić information content (AvgIpc) is 2.51. The first-order valence-electron chi connectivity index (χ1n) is 6.55. The Morgan fingerprint density at radius 3 is 2.64 bits per heavy atom. The first-order valence-corrected chi connectivity index (χ1v) is 8.83. The lowest BCUT2D eigenvalue weighted by atomic mass is 10.2. The summed E-state index contributed by atoms with van der Waals surface area (Å²) in [5, 5.41) is 3.80. The van der Waals surface area contributed by atoms with Crippen LogP contribution in [0.3, 0.4) is 0 Å². The van der Waals surface area contributed by atoms with Crippen LogP contribution in [-0.2, 0) is 10.0 Å². The summed E-state index contributed by atoms with van der Waals surface area (Å²) in [4.78, 5) is 2.34. The van der Waals surface area contributed by atoms with E-state index in [0.29, 0.717) is 17.9 Å². The van der Waals surface area contributed by atoms with E-state index in [1.54, 1.807) is 24.3 Å². The predicted molar refractivity (Wildman–Crippen MR) is 89.7 cm³/mol. The number of nitrogens with one attached hydrogen (secondary N) is 1. The maximum absolute atomic E-state index is 12.0. The fourth-order valence-corrected chi connectivity index (χ4v) is 2.86. The van der Waals surface area contributed by atoms with E-state index in [1.165, 1.54) is 18.3 Å². The van der Waals surface area contributed by atoms with Gasteiger partial charge in [-0.15, -0.1) is 0 Å². The second-order valence-corrected chi connectivity index (χ2v) is 6.80. The summed E-state index contributed by atoms with van der Waals surface area (Å²) in [6.45, 7) is 2.45. The van der Waals surface area contributed by atoms with Crippen molar-refractivity contribution in [3.8, 4) is 5.75 Å². The van der Waals surface area contributed by atoms with Gasteiger partial charge in [0.2, 0.25) is 0 Å². The first kappa shape index (κ1) is 16.5. The zero-order valence-corrected chi connectivity index (χ0v) is 14.3. The molecule has 0 fully saturated rings. The average molecular weight is 383 g/mol. The molecule has 0 aliphatic carbocycles. The lowest BCUT2D eigenvalue weighted by Gasteiger charge is -2.06. The van der Waals surface area contributed by atoms with E-state index in [9.17, 15) is 8.42 Å². The standard InChI is InChI=1S/C15H15BrN2O3S/c1-2-21-13-8-9-15(16)12(10-13)11-17-18-22(19,20)14-6-4-3-5-7-14/h3-11,18H,2H2,1H3/b17-11+. The molecule has 7 heteroatoms. The van der Waals surface area contributed by atoms with Gasteiger partial charge in [-0.3, -0.25) is 0 Å². The maximum atomic E-state index is 12.0. The Bertz CT molecular complexity index is 762. The molecule has 0 bridgehead atoms. The Morgan fingerprint density at radius 2 is 1.95 bits per heavy atom. The van der Waals surface area contributed by atoms with Gasteiger partial charge in [-0.05, 0) is 37.3 Å². The molecular weight excluding hydrogens is 368 g/mol. The maximum Gasteiger partial charge on any atom is 0.276 e. The third kappa shape index (κ3) is 4.32. The van der Waals surface area contributed by atoms with Crippen molar-refractivity contribution >= 4 is 32.2 Å². The number of sulfonamides is 1. The lowest BCUT2D eigenvalue weighted by Crippen LogP contribution is -2.18. The largest absolute Gasteiger partial charge is 0.494 e. The summed E-state index contributed by atoms with van der Waals surface area (Å²) in [6.07, 6.45) is 1.42. The van der Waals surface area contributed by atoms with Gasteiger partial charge in [0, 0.05) is 10.0 Å². The van der Waals surface area contributed by atoms with Crippen molar-refractivity contribution in [2.45, 2.75) is 11.8 Å². The van der Waals surface area contributed by atoms with Gasteiger partial charge in [0.05, 0.1) is 17.7 Å². The minimum atomic E-state index is -3.66. The van der Waals surface area contributed by atoms with Crippen molar-refractivity contribution in [3.63, 3.8) is 0 Å². The van der Waals surface area contributed by atoms with Crippen LogP contribution in [0.15, 0.2) is 63.0 Å². The van der Waals surface area contributed by atoms with E-state index >= 15 is 0 Å². The highest BCUT2D eigenvalue weighted by molar-refractivity contribution is 9.10. The predicted octanol–water partition coefficient (Wildman–Crippen LogP) is 3.16. The van der Waals surface area contributed by atoms with Gasteiger partial charge >= 0.3 is 0 Å². The molecule has 5 nitrogen and oxygen atoms in total. The topological polar surface area (TPSA) is 67.8 Å². The Kier molecular flexibility index (Phi) is 5.57. The van der Waals surface area contributed by atoms with Crippen LogP contribution in [-0.4, -0.2) is 21.2 Å². The summed E-state index contributed by atoms with van der Waals surface area (Å²) in [6, 6.07) is 13.5.